The van der Waals surface area contributed by atoms with Gasteiger partial charge in [-0.1, -0.05) is 30.3 Å². The first-order chi connectivity index (χ1) is 8.71. The molecule has 92 valence electrons. The van der Waals surface area contributed by atoms with E-state index in [0.717, 1.165) is 12.3 Å². The van der Waals surface area contributed by atoms with Crippen LogP contribution >= 0.6 is 0 Å². The van der Waals surface area contributed by atoms with Crippen LogP contribution in [0.5, 0.6) is 5.75 Å². The quantitative estimate of drug-likeness (QED) is 0.834. The molecule has 18 heavy (non-hydrogen) atoms. The molecule has 1 N–H and O–H groups in total. The first kappa shape index (κ1) is 11.3. The molecule has 2 aromatic carbocycles. The Labute approximate surface area is 108 Å². The number of methoxy groups -OCH3 is 1. The van der Waals surface area contributed by atoms with Gasteiger partial charge in [0.15, 0.2) is 0 Å². The number of nitrogens with one attached hydrogen (secondary N) is 1. The van der Waals surface area contributed by atoms with Crippen LogP contribution in [0.2, 0.25) is 0 Å². The first-order valence-corrected chi connectivity index (χ1v) is 6.21. The number of hydrogen-bond donors (Lipinski definition) is 1. The lowest BCUT2D eigenvalue weighted by atomic mass is 9.96. The fourth-order valence-corrected chi connectivity index (χ4v) is 2.18. The van der Waals surface area contributed by atoms with Gasteiger partial charge in [0.05, 0.1) is 12.6 Å². The molecule has 1 atom stereocenters. The van der Waals surface area contributed by atoms with Gasteiger partial charge in [0, 0.05) is 6.54 Å². The predicted molar refractivity (Wildman–Crippen MR) is 73.8 cm³/mol. The number of rotatable bonds is 3. The summed E-state index contributed by atoms with van der Waals surface area (Å²) >= 11 is 0. The third kappa shape index (κ3) is 2.00. The van der Waals surface area contributed by atoms with Crippen molar-refractivity contribution >= 4 is 0 Å². The SMILES string of the molecule is COc1cccc(-c2cccc(C3(C)CN3)c2)c1. The van der Waals surface area contributed by atoms with Crippen LogP contribution < -0.4 is 10.1 Å². The maximum Gasteiger partial charge on any atom is 0.119 e. The molecule has 0 bridgehead atoms. The summed E-state index contributed by atoms with van der Waals surface area (Å²) < 4.78 is 5.27. The van der Waals surface area contributed by atoms with Crippen LogP contribution in [-0.4, -0.2) is 13.7 Å². The van der Waals surface area contributed by atoms with Crippen LogP contribution in [0.25, 0.3) is 11.1 Å². The predicted octanol–water partition coefficient (Wildman–Crippen LogP) is 3.18. The van der Waals surface area contributed by atoms with Crippen LogP contribution in [0.4, 0.5) is 0 Å². The van der Waals surface area contributed by atoms with Gasteiger partial charge >= 0.3 is 0 Å². The van der Waals surface area contributed by atoms with Crippen molar-refractivity contribution in [2.24, 2.45) is 0 Å². The van der Waals surface area contributed by atoms with Crippen molar-refractivity contribution < 1.29 is 4.74 Å². The second kappa shape index (κ2) is 4.14. The van der Waals surface area contributed by atoms with Gasteiger partial charge in [-0.15, -0.1) is 0 Å². The molecule has 0 spiro atoms. The minimum Gasteiger partial charge on any atom is -0.497 e. The first-order valence-electron chi connectivity index (χ1n) is 6.21. The Bertz CT molecular complexity index is 573. The van der Waals surface area contributed by atoms with Crippen LogP contribution in [-0.2, 0) is 5.54 Å². The number of ether oxygens (including phenoxy) is 1. The Morgan fingerprint density at radius 2 is 1.72 bits per heavy atom. The molecular formula is C16H17NO. The molecule has 0 amide bonds. The van der Waals surface area contributed by atoms with Crippen molar-refractivity contribution in [1.29, 1.82) is 0 Å². The molecule has 1 saturated heterocycles. The van der Waals surface area contributed by atoms with Crippen molar-refractivity contribution in [2.45, 2.75) is 12.5 Å². The third-order valence-corrected chi connectivity index (χ3v) is 3.61. The van der Waals surface area contributed by atoms with Crippen molar-refractivity contribution in [1.82, 2.24) is 5.32 Å². The molecule has 3 rings (SSSR count). The van der Waals surface area contributed by atoms with E-state index in [0.29, 0.717) is 0 Å². The van der Waals surface area contributed by atoms with E-state index in [9.17, 15) is 0 Å². The van der Waals surface area contributed by atoms with Crippen molar-refractivity contribution in [3.8, 4) is 16.9 Å². The highest BCUT2D eigenvalue weighted by Crippen LogP contribution is 2.33. The van der Waals surface area contributed by atoms with Gasteiger partial charge < -0.3 is 10.1 Å². The summed E-state index contributed by atoms with van der Waals surface area (Å²) in [6.07, 6.45) is 0. The zero-order valence-corrected chi connectivity index (χ0v) is 10.7. The average molecular weight is 239 g/mol. The van der Waals surface area contributed by atoms with E-state index in [1.54, 1.807) is 7.11 Å². The van der Waals surface area contributed by atoms with E-state index in [1.807, 2.05) is 12.1 Å². The zero-order valence-electron chi connectivity index (χ0n) is 10.7. The molecule has 0 radical (unpaired) electrons. The highest BCUT2D eigenvalue weighted by Gasteiger charge is 2.38. The van der Waals surface area contributed by atoms with Crippen LogP contribution in [0.1, 0.15) is 12.5 Å². The number of benzene rings is 2. The van der Waals surface area contributed by atoms with Gasteiger partial charge in [-0.3, -0.25) is 0 Å². The van der Waals surface area contributed by atoms with Crippen molar-refractivity contribution in [3.05, 3.63) is 54.1 Å². The summed E-state index contributed by atoms with van der Waals surface area (Å²) in [5.41, 5.74) is 3.96. The normalized spacial score (nSPS) is 21.7. The minimum atomic E-state index is 0.175. The fraction of sp³-hybridized carbons (Fsp3) is 0.250. The maximum atomic E-state index is 5.27. The van der Waals surface area contributed by atoms with Crippen LogP contribution in [0.3, 0.4) is 0 Å². The molecule has 2 heteroatoms. The highest BCUT2D eigenvalue weighted by molar-refractivity contribution is 5.66. The van der Waals surface area contributed by atoms with Gasteiger partial charge in [0.25, 0.3) is 0 Å². The molecular weight excluding hydrogens is 222 g/mol. The lowest BCUT2D eigenvalue weighted by Crippen LogP contribution is -2.06. The molecule has 0 saturated carbocycles. The molecule has 0 aromatic heterocycles. The third-order valence-electron chi connectivity index (χ3n) is 3.61. The lowest BCUT2D eigenvalue weighted by Gasteiger charge is -2.10. The topological polar surface area (TPSA) is 31.2 Å². The van der Waals surface area contributed by atoms with Crippen LogP contribution in [0, 0.1) is 0 Å². The Kier molecular flexibility index (Phi) is 2.60. The van der Waals surface area contributed by atoms with Gasteiger partial charge in [0.2, 0.25) is 0 Å². The lowest BCUT2D eigenvalue weighted by molar-refractivity contribution is 0.415. The van der Waals surface area contributed by atoms with Gasteiger partial charge in [-0.05, 0) is 41.8 Å². The molecule has 2 aromatic rings. The maximum absolute atomic E-state index is 5.27. The molecule has 1 unspecified atom stereocenters. The Hall–Kier alpha value is -1.80. The molecule has 1 heterocycles. The van der Waals surface area contributed by atoms with E-state index in [2.05, 4.69) is 48.6 Å². The van der Waals surface area contributed by atoms with Crippen molar-refractivity contribution in [2.75, 3.05) is 13.7 Å². The molecule has 1 fully saturated rings. The second-order valence-electron chi connectivity index (χ2n) is 5.00. The highest BCUT2D eigenvalue weighted by atomic mass is 16.5. The standard InChI is InChI=1S/C16H17NO/c1-16(11-17-16)14-7-3-5-12(9-14)13-6-4-8-15(10-13)18-2/h3-10,17H,11H2,1-2H3. The van der Waals surface area contributed by atoms with E-state index in [1.165, 1.54) is 16.7 Å². The van der Waals surface area contributed by atoms with Gasteiger partial charge in [-0.25, -0.2) is 0 Å². The average Bonchev–Trinajstić information content (AvgIpc) is 3.18. The Morgan fingerprint density at radius 1 is 1.06 bits per heavy atom. The monoisotopic (exact) mass is 239 g/mol. The minimum absolute atomic E-state index is 0.175. The van der Waals surface area contributed by atoms with E-state index in [4.69, 9.17) is 4.74 Å². The molecule has 1 aliphatic rings. The second-order valence-corrected chi connectivity index (χ2v) is 5.00. The smallest absolute Gasteiger partial charge is 0.119 e. The van der Waals surface area contributed by atoms with E-state index < -0.39 is 0 Å². The molecule has 2 nitrogen and oxygen atoms in total. The van der Waals surface area contributed by atoms with E-state index >= 15 is 0 Å². The largest absolute Gasteiger partial charge is 0.497 e. The zero-order chi connectivity index (χ0) is 12.6. The summed E-state index contributed by atoms with van der Waals surface area (Å²) in [5, 5.41) is 3.40. The summed E-state index contributed by atoms with van der Waals surface area (Å²) in [6, 6.07) is 16.9. The van der Waals surface area contributed by atoms with Crippen LogP contribution in [0.15, 0.2) is 48.5 Å². The summed E-state index contributed by atoms with van der Waals surface area (Å²) in [7, 11) is 1.70. The van der Waals surface area contributed by atoms with Gasteiger partial charge in [0.1, 0.15) is 5.75 Å². The fourth-order valence-electron chi connectivity index (χ4n) is 2.18. The van der Waals surface area contributed by atoms with E-state index in [-0.39, 0.29) is 5.54 Å². The number of hydrogen-bond acceptors (Lipinski definition) is 2. The van der Waals surface area contributed by atoms with Gasteiger partial charge in [-0.2, -0.15) is 0 Å². The molecule has 1 aliphatic heterocycles. The Morgan fingerprint density at radius 3 is 2.39 bits per heavy atom. The summed E-state index contributed by atoms with van der Waals surface area (Å²) in [5.74, 6) is 0.897. The molecule has 0 aliphatic carbocycles. The summed E-state index contributed by atoms with van der Waals surface area (Å²) in [6.45, 7) is 3.30. The van der Waals surface area contributed by atoms with Crippen molar-refractivity contribution in [3.63, 3.8) is 0 Å². The Balaban J connectivity index is 2.00. The summed E-state index contributed by atoms with van der Waals surface area (Å²) in [4.78, 5) is 0.